The molecule has 152 valence electrons. The van der Waals surface area contributed by atoms with Gasteiger partial charge in [-0.3, -0.25) is 4.79 Å². The van der Waals surface area contributed by atoms with Gasteiger partial charge in [-0.05, 0) is 24.3 Å². The summed E-state index contributed by atoms with van der Waals surface area (Å²) in [5.41, 5.74) is 0.886. The molecule has 4 rings (SSSR count). The number of pyridine rings is 1. The highest BCUT2D eigenvalue weighted by atomic mass is 32.2. The van der Waals surface area contributed by atoms with Gasteiger partial charge in [0.1, 0.15) is 10.3 Å². The second-order valence-corrected chi connectivity index (χ2v) is 9.38. The van der Waals surface area contributed by atoms with E-state index in [1.807, 2.05) is 12.1 Å². The molecule has 0 radical (unpaired) electrons. The number of rotatable bonds is 6. The van der Waals surface area contributed by atoms with Gasteiger partial charge in [-0.15, -0.1) is 0 Å². The molecule has 0 spiro atoms. The summed E-state index contributed by atoms with van der Waals surface area (Å²) in [5.74, 6) is -0.0496. The number of piperazine rings is 1. The number of carbonyl (C=O) groups is 1. The maximum absolute atomic E-state index is 12.5. The zero-order chi connectivity index (χ0) is 20.3. The molecule has 3 heterocycles. The van der Waals surface area contributed by atoms with Crippen LogP contribution < -0.4 is 9.62 Å². The average molecular weight is 432 g/mol. The predicted molar refractivity (Wildman–Crippen MR) is 112 cm³/mol. The van der Waals surface area contributed by atoms with Crippen LogP contribution in [0, 0.1) is 0 Å². The number of carbonyl (C=O) groups excluding carboxylic acids is 1. The van der Waals surface area contributed by atoms with Crippen LogP contribution in [0.4, 0.5) is 5.13 Å². The molecule has 2 aromatic heterocycles. The van der Waals surface area contributed by atoms with Gasteiger partial charge in [-0.1, -0.05) is 29.5 Å². The Labute approximate surface area is 173 Å². The van der Waals surface area contributed by atoms with Crippen molar-refractivity contribution >= 4 is 42.7 Å². The first-order valence-electron chi connectivity index (χ1n) is 9.32. The van der Waals surface area contributed by atoms with E-state index in [4.69, 9.17) is 0 Å². The Kier molecular flexibility index (Phi) is 5.74. The fraction of sp³-hybridized carbons (Fsp3) is 0.316. The Morgan fingerprint density at radius 3 is 2.55 bits per heavy atom. The third kappa shape index (κ3) is 4.55. The number of sulfonamides is 1. The topological polar surface area (TPSA) is 95.5 Å². The van der Waals surface area contributed by atoms with E-state index in [1.54, 1.807) is 40.6 Å². The third-order valence-electron chi connectivity index (χ3n) is 4.74. The molecule has 0 aliphatic carbocycles. The van der Waals surface area contributed by atoms with Crippen LogP contribution in [0.5, 0.6) is 0 Å². The molecule has 8 nitrogen and oxygen atoms in total. The van der Waals surface area contributed by atoms with Crippen LogP contribution in [0.2, 0.25) is 0 Å². The molecule has 1 aromatic carbocycles. The molecule has 0 unspecified atom stereocenters. The van der Waals surface area contributed by atoms with Gasteiger partial charge in [-0.25, -0.2) is 23.1 Å². The molecule has 0 atom stereocenters. The van der Waals surface area contributed by atoms with E-state index in [9.17, 15) is 13.2 Å². The predicted octanol–water partition coefficient (Wildman–Crippen LogP) is 1.71. The lowest BCUT2D eigenvalue weighted by Gasteiger charge is -2.34. The smallest absolute Gasteiger partial charge is 0.240 e. The first-order valence-corrected chi connectivity index (χ1v) is 11.6. The van der Waals surface area contributed by atoms with E-state index in [1.165, 1.54) is 12.1 Å². The van der Waals surface area contributed by atoms with Crippen molar-refractivity contribution in [2.24, 2.45) is 0 Å². The lowest BCUT2D eigenvalue weighted by atomic mass is 10.3. The monoisotopic (exact) mass is 431 g/mol. The summed E-state index contributed by atoms with van der Waals surface area (Å²) < 4.78 is 26.9. The molecule has 1 amide bonds. The van der Waals surface area contributed by atoms with Crippen LogP contribution >= 0.6 is 11.3 Å². The highest BCUT2D eigenvalue weighted by Gasteiger charge is 2.23. The minimum Gasteiger partial charge on any atom is -0.344 e. The second-order valence-electron chi connectivity index (χ2n) is 6.65. The summed E-state index contributed by atoms with van der Waals surface area (Å²) in [4.78, 5) is 26.4. The highest BCUT2D eigenvalue weighted by Crippen LogP contribution is 2.27. The van der Waals surface area contributed by atoms with Crippen molar-refractivity contribution in [2.45, 2.75) is 11.3 Å². The summed E-state index contributed by atoms with van der Waals surface area (Å²) in [7, 11) is -3.59. The number of amides is 1. The van der Waals surface area contributed by atoms with E-state index in [0.717, 1.165) is 15.5 Å². The quantitative estimate of drug-likeness (QED) is 0.638. The van der Waals surface area contributed by atoms with Crippen molar-refractivity contribution in [3.8, 4) is 0 Å². The lowest BCUT2D eigenvalue weighted by Crippen LogP contribution is -2.49. The maximum Gasteiger partial charge on any atom is 0.240 e. The zero-order valence-electron chi connectivity index (χ0n) is 15.7. The number of nitrogens with one attached hydrogen (secondary N) is 1. The molecule has 1 aliphatic rings. The van der Waals surface area contributed by atoms with Crippen LogP contribution in [0.25, 0.3) is 10.3 Å². The average Bonchev–Trinajstić information content (AvgIpc) is 3.18. The van der Waals surface area contributed by atoms with Crippen LogP contribution in [0.15, 0.2) is 53.6 Å². The molecular weight excluding hydrogens is 410 g/mol. The second kappa shape index (κ2) is 8.44. The number of benzene rings is 1. The van der Waals surface area contributed by atoms with E-state index in [0.29, 0.717) is 26.2 Å². The minimum atomic E-state index is -3.59. The van der Waals surface area contributed by atoms with Crippen LogP contribution in [0.1, 0.15) is 6.42 Å². The molecule has 0 saturated carbocycles. The van der Waals surface area contributed by atoms with Crippen LogP contribution in [0.3, 0.4) is 0 Å². The number of aromatic nitrogens is 2. The number of nitrogens with zero attached hydrogens (tertiary/aromatic N) is 4. The molecule has 1 fully saturated rings. The standard InChI is InChI=1S/C19H21N5O3S2/c25-17(8-10-21-29(26,27)15-5-2-1-3-6-15)23-11-13-24(14-12-23)19-22-16-7-4-9-20-18(16)28-19/h1-7,9,21H,8,10-14H2. The van der Waals surface area contributed by atoms with Gasteiger partial charge >= 0.3 is 0 Å². The number of hydrogen-bond donors (Lipinski definition) is 1. The molecule has 1 saturated heterocycles. The number of hydrogen-bond acceptors (Lipinski definition) is 7. The number of anilines is 1. The number of fused-ring (bicyclic) bond motifs is 1. The molecule has 1 aliphatic heterocycles. The first-order chi connectivity index (χ1) is 14.0. The van der Waals surface area contributed by atoms with E-state index in [2.05, 4.69) is 19.6 Å². The van der Waals surface area contributed by atoms with Gasteiger partial charge < -0.3 is 9.80 Å². The summed E-state index contributed by atoms with van der Waals surface area (Å²) >= 11 is 1.55. The van der Waals surface area contributed by atoms with Gasteiger partial charge in [0, 0.05) is 45.3 Å². The normalized spacial score (nSPS) is 15.0. The van der Waals surface area contributed by atoms with Gasteiger partial charge in [0.05, 0.1) is 4.90 Å². The summed E-state index contributed by atoms with van der Waals surface area (Å²) in [6, 6.07) is 12.0. The van der Waals surface area contributed by atoms with Crippen molar-refractivity contribution in [2.75, 3.05) is 37.6 Å². The van der Waals surface area contributed by atoms with Crippen molar-refractivity contribution in [1.82, 2.24) is 19.6 Å². The third-order valence-corrected chi connectivity index (χ3v) is 7.26. The summed E-state index contributed by atoms with van der Waals surface area (Å²) in [6.45, 7) is 2.66. The minimum absolute atomic E-state index is 0.0496. The van der Waals surface area contributed by atoms with E-state index < -0.39 is 10.0 Å². The van der Waals surface area contributed by atoms with Crippen LogP contribution in [-0.4, -0.2) is 61.9 Å². The largest absolute Gasteiger partial charge is 0.344 e. The Balaban J connectivity index is 1.27. The Bertz CT molecular complexity index is 1060. The molecular formula is C19H21N5O3S2. The first kappa shape index (κ1) is 19.7. The van der Waals surface area contributed by atoms with Gasteiger partial charge in [0.25, 0.3) is 0 Å². The summed E-state index contributed by atoms with van der Waals surface area (Å²) in [5, 5.41) is 0.918. The molecule has 0 bridgehead atoms. The summed E-state index contributed by atoms with van der Waals surface area (Å²) in [6.07, 6.45) is 1.89. The number of thiazole rings is 1. The Hall–Kier alpha value is -2.56. The van der Waals surface area contributed by atoms with Gasteiger partial charge in [0.2, 0.25) is 15.9 Å². The van der Waals surface area contributed by atoms with Crippen molar-refractivity contribution in [1.29, 1.82) is 0 Å². The van der Waals surface area contributed by atoms with Gasteiger partial charge in [0.15, 0.2) is 5.13 Å². The Morgan fingerprint density at radius 1 is 1.07 bits per heavy atom. The van der Waals surface area contributed by atoms with Crippen molar-refractivity contribution < 1.29 is 13.2 Å². The lowest BCUT2D eigenvalue weighted by molar-refractivity contribution is -0.131. The van der Waals surface area contributed by atoms with Crippen molar-refractivity contribution in [3.05, 3.63) is 48.7 Å². The SMILES string of the molecule is O=C(CCNS(=O)(=O)c1ccccc1)N1CCN(c2nc3cccnc3s2)CC1. The fourth-order valence-electron chi connectivity index (χ4n) is 3.17. The van der Waals surface area contributed by atoms with Crippen LogP contribution in [-0.2, 0) is 14.8 Å². The molecule has 10 heteroatoms. The maximum atomic E-state index is 12.5. The Morgan fingerprint density at radius 2 is 1.83 bits per heavy atom. The molecule has 3 aromatic rings. The molecule has 1 N–H and O–H groups in total. The zero-order valence-corrected chi connectivity index (χ0v) is 17.3. The molecule has 29 heavy (non-hydrogen) atoms. The van der Waals surface area contributed by atoms with Crippen molar-refractivity contribution in [3.63, 3.8) is 0 Å². The van der Waals surface area contributed by atoms with Gasteiger partial charge in [-0.2, -0.15) is 0 Å². The fourth-order valence-corrected chi connectivity index (χ4v) is 5.19. The van der Waals surface area contributed by atoms with E-state index >= 15 is 0 Å². The highest BCUT2D eigenvalue weighted by molar-refractivity contribution is 7.89. The van der Waals surface area contributed by atoms with E-state index in [-0.39, 0.29) is 23.8 Å².